The SMILES string of the molecule is CC(C)(C)n1nc([C@H]2CC[C@@H](O)C2)cc1Nc1ccc2c(c1F)CN(C1CC1)S2(=O)=O. The van der Waals surface area contributed by atoms with Crippen LogP contribution in [-0.2, 0) is 22.1 Å². The van der Waals surface area contributed by atoms with E-state index in [9.17, 15) is 13.5 Å². The largest absolute Gasteiger partial charge is 0.393 e. The molecule has 1 aromatic heterocycles. The van der Waals surface area contributed by atoms with Crippen molar-refractivity contribution in [1.29, 1.82) is 0 Å². The summed E-state index contributed by atoms with van der Waals surface area (Å²) in [7, 11) is -3.61. The third-order valence-corrected chi connectivity index (χ3v) is 8.49. The van der Waals surface area contributed by atoms with Gasteiger partial charge in [-0.15, -0.1) is 0 Å². The summed E-state index contributed by atoms with van der Waals surface area (Å²) in [6.07, 6.45) is 3.70. The topological polar surface area (TPSA) is 87.5 Å². The van der Waals surface area contributed by atoms with Gasteiger partial charge in [0.2, 0.25) is 10.0 Å². The normalized spacial score (nSPS) is 25.7. The molecule has 3 aliphatic rings. The van der Waals surface area contributed by atoms with E-state index >= 15 is 4.39 Å². The lowest BCUT2D eigenvalue weighted by Gasteiger charge is -2.23. The van der Waals surface area contributed by atoms with E-state index in [0.29, 0.717) is 12.2 Å². The number of anilines is 2. The second kappa shape index (κ2) is 7.02. The highest BCUT2D eigenvalue weighted by atomic mass is 32.2. The number of hydrogen-bond donors (Lipinski definition) is 2. The van der Waals surface area contributed by atoms with Crippen LogP contribution >= 0.6 is 0 Å². The summed E-state index contributed by atoms with van der Waals surface area (Å²) in [6.45, 7) is 6.17. The fraction of sp³-hybridized carbons (Fsp3) is 0.591. The van der Waals surface area contributed by atoms with Gasteiger partial charge in [0.1, 0.15) is 5.82 Å². The first-order chi connectivity index (χ1) is 14.6. The van der Waals surface area contributed by atoms with Crippen LogP contribution in [0.15, 0.2) is 23.1 Å². The Balaban J connectivity index is 1.49. The molecular weight excluding hydrogens is 419 g/mol. The van der Waals surface area contributed by atoms with Crippen LogP contribution in [0.1, 0.15) is 70.1 Å². The molecule has 2 aromatic rings. The molecule has 7 nitrogen and oxygen atoms in total. The number of nitrogens with one attached hydrogen (secondary N) is 1. The van der Waals surface area contributed by atoms with Crippen LogP contribution in [-0.4, -0.2) is 39.8 Å². The Morgan fingerprint density at radius 1 is 1.19 bits per heavy atom. The molecule has 31 heavy (non-hydrogen) atoms. The second-order valence-electron chi connectivity index (χ2n) is 10.0. The molecule has 2 atom stereocenters. The van der Waals surface area contributed by atoms with Gasteiger partial charge in [-0.25, -0.2) is 17.5 Å². The number of nitrogens with zero attached hydrogens (tertiary/aromatic N) is 3. The van der Waals surface area contributed by atoms with Gasteiger partial charge in [-0.05, 0) is 65.0 Å². The van der Waals surface area contributed by atoms with Crippen molar-refractivity contribution in [2.45, 2.75) is 87.9 Å². The maximum Gasteiger partial charge on any atom is 0.244 e. The number of aliphatic hydroxyl groups excluding tert-OH is 1. The second-order valence-corrected chi connectivity index (χ2v) is 11.9. The molecule has 0 bridgehead atoms. The van der Waals surface area contributed by atoms with Crippen molar-refractivity contribution in [2.24, 2.45) is 0 Å². The van der Waals surface area contributed by atoms with E-state index < -0.39 is 15.8 Å². The molecule has 0 radical (unpaired) electrons. The standard InChI is InChI=1S/C22H29FN4O3S/c1-22(2,3)27-20(11-18(25-27)13-4-7-15(28)10-13)24-17-8-9-19-16(21(17)23)12-26(14-5-6-14)31(19,29)30/h8-9,11,13-15,24,28H,4-7,10,12H2,1-3H3/t13-,15+/m0/s1. The number of fused-ring (bicyclic) bond motifs is 1. The number of aliphatic hydroxyl groups is 1. The minimum Gasteiger partial charge on any atom is -0.393 e. The molecule has 1 aromatic carbocycles. The summed E-state index contributed by atoms with van der Waals surface area (Å²) >= 11 is 0. The van der Waals surface area contributed by atoms with E-state index in [1.165, 1.54) is 16.4 Å². The third kappa shape index (κ3) is 3.56. The zero-order valence-corrected chi connectivity index (χ0v) is 18.9. The summed E-state index contributed by atoms with van der Waals surface area (Å²) in [4.78, 5) is 0.0763. The van der Waals surface area contributed by atoms with E-state index in [0.717, 1.165) is 31.4 Å². The molecule has 0 spiro atoms. The first-order valence-electron chi connectivity index (χ1n) is 10.9. The van der Waals surface area contributed by atoms with Crippen molar-refractivity contribution in [3.05, 3.63) is 35.3 Å². The Morgan fingerprint density at radius 2 is 1.94 bits per heavy atom. The Hall–Kier alpha value is -1.97. The van der Waals surface area contributed by atoms with Crippen LogP contribution < -0.4 is 5.32 Å². The Morgan fingerprint density at radius 3 is 2.55 bits per heavy atom. The van der Waals surface area contributed by atoms with E-state index in [4.69, 9.17) is 5.10 Å². The number of hydrogen-bond acceptors (Lipinski definition) is 5. The molecule has 0 saturated heterocycles. The summed E-state index contributed by atoms with van der Waals surface area (Å²) in [5, 5.41) is 17.9. The monoisotopic (exact) mass is 448 g/mol. The zero-order chi connectivity index (χ0) is 22.1. The van der Waals surface area contributed by atoms with E-state index in [1.54, 1.807) is 0 Å². The molecule has 168 valence electrons. The molecule has 2 saturated carbocycles. The fourth-order valence-corrected chi connectivity index (χ4v) is 6.57. The minimum absolute atomic E-state index is 0.000137. The van der Waals surface area contributed by atoms with Crippen LogP contribution in [0.3, 0.4) is 0 Å². The summed E-state index contributed by atoms with van der Waals surface area (Å²) in [5.74, 6) is 0.313. The van der Waals surface area contributed by atoms with Gasteiger partial charge < -0.3 is 10.4 Å². The molecule has 5 rings (SSSR count). The number of benzene rings is 1. The van der Waals surface area contributed by atoms with E-state index in [-0.39, 0.29) is 46.3 Å². The van der Waals surface area contributed by atoms with E-state index in [2.05, 4.69) is 5.32 Å². The third-order valence-electron chi connectivity index (χ3n) is 6.50. The van der Waals surface area contributed by atoms with Gasteiger partial charge in [0.25, 0.3) is 0 Å². The lowest BCUT2D eigenvalue weighted by Crippen LogP contribution is -2.26. The van der Waals surface area contributed by atoms with E-state index in [1.807, 2.05) is 31.5 Å². The fourth-order valence-electron chi connectivity index (χ4n) is 4.71. The number of aromatic nitrogens is 2. The predicted molar refractivity (Wildman–Crippen MR) is 115 cm³/mol. The summed E-state index contributed by atoms with van der Waals surface area (Å²) < 4.78 is 44.2. The average Bonchev–Trinajstić information content (AvgIpc) is 3.15. The first kappa shape index (κ1) is 20.9. The Labute approximate surface area is 182 Å². The lowest BCUT2D eigenvalue weighted by molar-refractivity contribution is 0.181. The van der Waals surface area contributed by atoms with Crippen LogP contribution in [0.5, 0.6) is 0 Å². The smallest absolute Gasteiger partial charge is 0.244 e. The highest BCUT2D eigenvalue weighted by Gasteiger charge is 2.45. The molecular formula is C22H29FN4O3S. The predicted octanol–water partition coefficient (Wildman–Crippen LogP) is 3.82. The van der Waals surface area contributed by atoms with Crippen LogP contribution in [0, 0.1) is 5.82 Å². The van der Waals surface area contributed by atoms with Crippen molar-refractivity contribution in [1.82, 2.24) is 14.1 Å². The van der Waals surface area contributed by atoms with Crippen molar-refractivity contribution in [3.63, 3.8) is 0 Å². The molecule has 2 heterocycles. The Bertz CT molecular complexity index is 1130. The minimum atomic E-state index is -3.61. The lowest BCUT2D eigenvalue weighted by atomic mass is 10.0. The van der Waals surface area contributed by atoms with Gasteiger partial charge in [0, 0.05) is 30.1 Å². The highest BCUT2D eigenvalue weighted by molar-refractivity contribution is 7.89. The highest BCUT2D eigenvalue weighted by Crippen LogP contribution is 2.42. The van der Waals surface area contributed by atoms with Crippen molar-refractivity contribution < 1.29 is 17.9 Å². The summed E-state index contributed by atoms with van der Waals surface area (Å²) in [5.41, 5.74) is 1.03. The van der Waals surface area contributed by atoms with Gasteiger partial charge in [0.05, 0.1) is 27.9 Å². The molecule has 2 fully saturated rings. The Kier molecular flexibility index (Phi) is 4.73. The maximum absolute atomic E-state index is 15.4. The molecule has 0 amide bonds. The molecule has 2 aliphatic carbocycles. The average molecular weight is 449 g/mol. The van der Waals surface area contributed by atoms with Crippen molar-refractivity contribution >= 4 is 21.5 Å². The number of halogens is 1. The van der Waals surface area contributed by atoms with Gasteiger partial charge in [0.15, 0.2) is 5.82 Å². The maximum atomic E-state index is 15.4. The summed E-state index contributed by atoms with van der Waals surface area (Å²) in [6, 6.07) is 4.93. The van der Waals surface area contributed by atoms with Gasteiger partial charge in [-0.1, -0.05) is 0 Å². The molecule has 0 unspecified atom stereocenters. The van der Waals surface area contributed by atoms with Crippen LogP contribution in [0.25, 0.3) is 0 Å². The van der Waals surface area contributed by atoms with Crippen molar-refractivity contribution in [2.75, 3.05) is 5.32 Å². The zero-order valence-electron chi connectivity index (χ0n) is 18.1. The number of sulfonamides is 1. The van der Waals surface area contributed by atoms with Crippen LogP contribution in [0.2, 0.25) is 0 Å². The van der Waals surface area contributed by atoms with Gasteiger partial charge >= 0.3 is 0 Å². The number of rotatable bonds is 4. The molecule has 1 aliphatic heterocycles. The van der Waals surface area contributed by atoms with Crippen LogP contribution in [0.4, 0.5) is 15.9 Å². The first-order valence-corrected chi connectivity index (χ1v) is 12.4. The molecule has 9 heteroatoms. The van der Waals surface area contributed by atoms with Gasteiger partial charge in [-0.2, -0.15) is 9.40 Å². The quantitative estimate of drug-likeness (QED) is 0.743. The van der Waals surface area contributed by atoms with Crippen molar-refractivity contribution in [3.8, 4) is 0 Å². The molecule has 2 N–H and O–H groups in total. The van der Waals surface area contributed by atoms with Gasteiger partial charge in [-0.3, -0.25) is 0 Å².